The fraction of sp³-hybridized carbons (Fsp3) is 0.304. The number of carbonyl (C=O) groups excluding carboxylic acids is 1. The van der Waals surface area contributed by atoms with Gasteiger partial charge in [-0.25, -0.2) is 4.39 Å². The lowest BCUT2D eigenvalue weighted by atomic mass is 9.92. The number of rotatable bonds is 5. The van der Waals surface area contributed by atoms with Gasteiger partial charge >= 0.3 is 0 Å². The molecule has 1 saturated heterocycles. The third-order valence-corrected chi connectivity index (χ3v) is 5.42. The molecular formula is C23H25ClFN3O2. The number of benzene rings is 2. The number of amides is 1. The van der Waals surface area contributed by atoms with Crippen LogP contribution in [0.5, 0.6) is 0 Å². The van der Waals surface area contributed by atoms with E-state index in [0.29, 0.717) is 25.3 Å². The van der Waals surface area contributed by atoms with Crippen LogP contribution in [-0.2, 0) is 11.2 Å². The molecule has 2 heterocycles. The van der Waals surface area contributed by atoms with Gasteiger partial charge in [0.2, 0.25) is 5.91 Å². The first-order valence-electron chi connectivity index (χ1n) is 9.84. The summed E-state index contributed by atoms with van der Waals surface area (Å²) < 4.78 is 19.0. The van der Waals surface area contributed by atoms with Gasteiger partial charge < -0.3 is 14.3 Å². The Morgan fingerprint density at radius 3 is 2.40 bits per heavy atom. The minimum atomic E-state index is -0.435. The topological polar surface area (TPSA) is 49.6 Å². The minimum absolute atomic E-state index is 0. The van der Waals surface area contributed by atoms with Crippen LogP contribution < -0.4 is 0 Å². The Bertz CT molecular complexity index is 954. The molecule has 0 bridgehead atoms. The Morgan fingerprint density at radius 2 is 1.73 bits per heavy atom. The molecule has 1 unspecified atom stereocenters. The Kier molecular flexibility index (Phi) is 7.24. The zero-order valence-corrected chi connectivity index (χ0v) is 17.6. The zero-order valence-electron chi connectivity index (χ0n) is 16.8. The van der Waals surface area contributed by atoms with E-state index in [1.54, 1.807) is 12.1 Å². The van der Waals surface area contributed by atoms with Crippen molar-refractivity contribution >= 4 is 18.3 Å². The normalized spacial score (nSPS) is 15.5. The maximum Gasteiger partial charge on any atom is 0.230 e. The third-order valence-electron chi connectivity index (χ3n) is 5.42. The molecule has 1 atom stereocenters. The second-order valence-electron chi connectivity index (χ2n) is 7.48. The van der Waals surface area contributed by atoms with E-state index < -0.39 is 5.92 Å². The summed E-state index contributed by atoms with van der Waals surface area (Å²) in [5.74, 6) is -0.0656. The van der Waals surface area contributed by atoms with Gasteiger partial charge in [0, 0.05) is 44.2 Å². The third kappa shape index (κ3) is 5.07. The number of hydrogen-bond donors (Lipinski definition) is 0. The Morgan fingerprint density at radius 1 is 1.07 bits per heavy atom. The van der Waals surface area contributed by atoms with Gasteiger partial charge in [0.15, 0.2) is 0 Å². The molecule has 0 spiro atoms. The molecule has 0 radical (unpaired) electrons. The summed E-state index contributed by atoms with van der Waals surface area (Å²) in [6.45, 7) is 3.09. The fourth-order valence-electron chi connectivity index (χ4n) is 3.65. The van der Waals surface area contributed by atoms with E-state index in [-0.39, 0.29) is 24.1 Å². The van der Waals surface area contributed by atoms with E-state index in [1.807, 2.05) is 41.3 Å². The molecule has 7 heteroatoms. The quantitative estimate of drug-likeness (QED) is 0.615. The Hall–Kier alpha value is -2.70. The molecule has 1 fully saturated rings. The second kappa shape index (κ2) is 9.87. The van der Waals surface area contributed by atoms with E-state index in [0.717, 1.165) is 29.9 Å². The molecule has 2 aromatic carbocycles. The van der Waals surface area contributed by atoms with Crippen molar-refractivity contribution in [2.75, 3.05) is 33.2 Å². The van der Waals surface area contributed by atoms with Crippen LogP contribution in [0, 0.1) is 5.82 Å². The molecule has 30 heavy (non-hydrogen) atoms. The van der Waals surface area contributed by atoms with Gasteiger partial charge in [-0.2, -0.15) is 0 Å². The zero-order chi connectivity index (χ0) is 20.2. The highest BCUT2D eigenvalue weighted by atomic mass is 35.5. The second-order valence-corrected chi connectivity index (χ2v) is 7.48. The van der Waals surface area contributed by atoms with Gasteiger partial charge in [-0.1, -0.05) is 47.6 Å². The predicted octanol–water partition coefficient (Wildman–Crippen LogP) is 4.00. The van der Waals surface area contributed by atoms with Crippen molar-refractivity contribution in [3.63, 3.8) is 0 Å². The first-order valence-corrected chi connectivity index (χ1v) is 9.84. The van der Waals surface area contributed by atoms with Gasteiger partial charge in [-0.15, -0.1) is 12.4 Å². The molecule has 1 amide bonds. The SMILES string of the molecule is CN1CCN(C(=O)C(Cc2cc(-c3ccccc3)no2)c2ccc(F)cc2)CC1.Cl. The summed E-state index contributed by atoms with van der Waals surface area (Å²) in [6.07, 6.45) is 0.386. The number of halogens is 2. The van der Waals surface area contributed by atoms with Gasteiger partial charge in [0.05, 0.1) is 5.92 Å². The molecular weight excluding hydrogens is 405 g/mol. The summed E-state index contributed by atoms with van der Waals surface area (Å²) in [6, 6.07) is 17.8. The summed E-state index contributed by atoms with van der Waals surface area (Å²) in [4.78, 5) is 17.4. The first kappa shape index (κ1) is 22.0. The van der Waals surface area contributed by atoms with E-state index in [1.165, 1.54) is 12.1 Å². The molecule has 1 aliphatic heterocycles. The maximum atomic E-state index is 13.4. The largest absolute Gasteiger partial charge is 0.361 e. The highest BCUT2D eigenvalue weighted by molar-refractivity contribution is 5.85. The molecule has 1 aliphatic rings. The van der Waals surface area contributed by atoms with E-state index in [4.69, 9.17) is 4.52 Å². The molecule has 3 aromatic rings. The molecule has 0 saturated carbocycles. The standard InChI is InChI=1S/C23H24FN3O2.ClH/c1-26-11-13-27(14-12-26)23(28)21(17-7-9-19(24)10-8-17)15-20-16-22(25-29-20)18-5-3-2-4-6-18;/h2-10,16,21H,11-15H2,1H3;1H. The van der Waals surface area contributed by atoms with Crippen molar-refractivity contribution in [3.8, 4) is 11.3 Å². The van der Waals surface area contributed by atoms with Crippen LogP contribution in [0.2, 0.25) is 0 Å². The van der Waals surface area contributed by atoms with Crippen LogP contribution in [0.25, 0.3) is 11.3 Å². The van der Waals surface area contributed by atoms with E-state index >= 15 is 0 Å². The molecule has 1 aromatic heterocycles. The van der Waals surface area contributed by atoms with Gasteiger partial charge in [-0.3, -0.25) is 4.79 Å². The Labute approximate surface area is 181 Å². The number of hydrogen-bond acceptors (Lipinski definition) is 4. The molecule has 158 valence electrons. The van der Waals surface area contributed by atoms with Crippen molar-refractivity contribution in [1.82, 2.24) is 15.0 Å². The lowest BCUT2D eigenvalue weighted by molar-refractivity contribution is -0.134. The fourth-order valence-corrected chi connectivity index (χ4v) is 3.65. The number of piperazine rings is 1. The van der Waals surface area contributed by atoms with E-state index in [2.05, 4.69) is 17.1 Å². The van der Waals surface area contributed by atoms with Crippen LogP contribution in [0.3, 0.4) is 0 Å². The van der Waals surface area contributed by atoms with Gasteiger partial charge in [-0.05, 0) is 24.7 Å². The number of nitrogens with zero attached hydrogens (tertiary/aromatic N) is 3. The summed E-state index contributed by atoms with van der Waals surface area (Å²) in [7, 11) is 2.05. The maximum absolute atomic E-state index is 13.4. The van der Waals surface area contributed by atoms with E-state index in [9.17, 15) is 9.18 Å². The number of likely N-dealkylation sites (N-methyl/N-ethyl adjacent to an activating group) is 1. The van der Waals surface area contributed by atoms with Crippen LogP contribution in [0.1, 0.15) is 17.2 Å². The first-order chi connectivity index (χ1) is 14.1. The minimum Gasteiger partial charge on any atom is -0.361 e. The average Bonchev–Trinajstić information content (AvgIpc) is 3.22. The molecule has 0 aliphatic carbocycles. The highest BCUT2D eigenvalue weighted by Crippen LogP contribution is 2.27. The monoisotopic (exact) mass is 429 g/mol. The predicted molar refractivity (Wildman–Crippen MR) is 116 cm³/mol. The van der Waals surface area contributed by atoms with Gasteiger partial charge in [0.1, 0.15) is 17.3 Å². The average molecular weight is 430 g/mol. The van der Waals surface area contributed by atoms with Crippen molar-refractivity contribution in [2.24, 2.45) is 0 Å². The van der Waals surface area contributed by atoms with Gasteiger partial charge in [0.25, 0.3) is 0 Å². The van der Waals surface area contributed by atoms with Crippen LogP contribution >= 0.6 is 12.4 Å². The summed E-state index contributed by atoms with van der Waals surface area (Å²) in [5, 5.41) is 4.16. The van der Waals surface area contributed by atoms with Crippen LogP contribution in [0.4, 0.5) is 4.39 Å². The van der Waals surface area contributed by atoms with Crippen molar-refractivity contribution in [1.29, 1.82) is 0 Å². The number of carbonyl (C=O) groups is 1. The molecule has 5 nitrogen and oxygen atoms in total. The lowest BCUT2D eigenvalue weighted by Gasteiger charge is -2.34. The van der Waals surface area contributed by atoms with Crippen LogP contribution in [0.15, 0.2) is 65.2 Å². The van der Waals surface area contributed by atoms with Crippen molar-refractivity contribution < 1.29 is 13.7 Å². The highest BCUT2D eigenvalue weighted by Gasteiger charge is 2.29. The lowest BCUT2D eigenvalue weighted by Crippen LogP contribution is -2.48. The summed E-state index contributed by atoms with van der Waals surface area (Å²) in [5.41, 5.74) is 2.49. The van der Waals surface area contributed by atoms with Crippen molar-refractivity contribution in [3.05, 3.63) is 77.8 Å². The van der Waals surface area contributed by atoms with Crippen LogP contribution in [-0.4, -0.2) is 54.1 Å². The summed E-state index contributed by atoms with van der Waals surface area (Å²) >= 11 is 0. The van der Waals surface area contributed by atoms with Crippen molar-refractivity contribution in [2.45, 2.75) is 12.3 Å². The molecule has 0 N–H and O–H groups in total. The Balaban J connectivity index is 0.00000256. The molecule has 4 rings (SSSR count). The smallest absolute Gasteiger partial charge is 0.230 e. The number of aromatic nitrogens is 1.